The molecule has 2 atom stereocenters. The Morgan fingerprint density at radius 1 is 1.29 bits per heavy atom. The van der Waals surface area contributed by atoms with Crippen molar-refractivity contribution < 1.29 is 8.42 Å². The van der Waals surface area contributed by atoms with E-state index in [1.54, 1.807) is 13.0 Å². The van der Waals surface area contributed by atoms with Crippen molar-refractivity contribution in [2.24, 2.45) is 11.1 Å². The minimum Gasteiger partial charge on any atom is -0.399 e. The van der Waals surface area contributed by atoms with E-state index >= 15 is 0 Å². The Bertz CT molecular complexity index is 614. The Labute approximate surface area is 127 Å². The van der Waals surface area contributed by atoms with E-state index in [-0.39, 0.29) is 4.90 Å². The van der Waals surface area contributed by atoms with Gasteiger partial charge in [-0.15, -0.1) is 0 Å². The van der Waals surface area contributed by atoms with Crippen molar-refractivity contribution in [2.45, 2.75) is 56.9 Å². The quantitative estimate of drug-likeness (QED) is 0.744. The number of anilines is 2. The molecule has 1 saturated carbocycles. The van der Waals surface area contributed by atoms with Crippen LogP contribution in [0.3, 0.4) is 0 Å². The third-order valence-electron chi connectivity index (χ3n) is 4.46. The van der Waals surface area contributed by atoms with Crippen molar-refractivity contribution in [1.29, 1.82) is 0 Å². The van der Waals surface area contributed by atoms with Crippen LogP contribution >= 0.6 is 0 Å². The molecule has 5 nitrogen and oxygen atoms in total. The molecule has 1 fully saturated rings. The molecule has 0 spiro atoms. The normalized spacial score (nSPS) is 23.0. The molecule has 118 valence electrons. The summed E-state index contributed by atoms with van der Waals surface area (Å²) in [5.74, 6) is 0.623. The zero-order valence-electron chi connectivity index (χ0n) is 12.7. The molecule has 2 unspecified atom stereocenters. The number of primary sulfonamides is 1. The molecule has 1 aromatic carbocycles. The van der Waals surface area contributed by atoms with E-state index in [2.05, 4.69) is 12.2 Å². The SMILES string of the molecule is CCC1CCCCC1Nc1cc(N)cc(S(N)(=O)=O)c1C. The highest BCUT2D eigenvalue weighted by Crippen LogP contribution is 2.32. The first-order valence-corrected chi connectivity index (χ1v) is 9.07. The van der Waals surface area contributed by atoms with Crippen molar-refractivity contribution in [1.82, 2.24) is 0 Å². The molecule has 0 aromatic heterocycles. The molecule has 1 aliphatic carbocycles. The van der Waals surface area contributed by atoms with Gasteiger partial charge in [0.2, 0.25) is 10.0 Å². The first kappa shape index (κ1) is 16.1. The lowest BCUT2D eigenvalue weighted by molar-refractivity contribution is 0.317. The molecule has 0 amide bonds. The number of rotatable bonds is 4. The summed E-state index contributed by atoms with van der Waals surface area (Å²) in [5, 5.41) is 8.77. The average molecular weight is 311 g/mol. The van der Waals surface area contributed by atoms with Crippen LogP contribution < -0.4 is 16.2 Å². The average Bonchev–Trinajstić information content (AvgIpc) is 2.42. The number of hydrogen-bond acceptors (Lipinski definition) is 4. The van der Waals surface area contributed by atoms with Crippen LogP contribution in [0.25, 0.3) is 0 Å². The van der Waals surface area contributed by atoms with Crippen LogP contribution in [-0.2, 0) is 10.0 Å². The summed E-state index contributed by atoms with van der Waals surface area (Å²) in [5.41, 5.74) is 7.68. The van der Waals surface area contributed by atoms with Gasteiger partial charge in [0.25, 0.3) is 0 Å². The second-order valence-electron chi connectivity index (χ2n) is 5.94. The van der Waals surface area contributed by atoms with Crippen LogP contribution in [0.5, 0.6) is 0 Å². The highest BCUT2D eigenvalue weighted by Gasteiger charge is 2.25. The summed E-state index contributed by atoms with van der Waals surface area (Å²) in [6.07, 6.45) is 5.93. The van der Waals surface area contributed by atoms with E-state index in [4.69, 9.17) is 10.9 Å². The number of sulfonamides is 1. The maximum atomic E-state index is 11.7. The van der Waals surface area contributed by atoms with Gasteiger partial charge in [-0.1, -0.05) is 26.2 Å². The molecule has 0 radical (unpaired) electrons. The molecule has 0 bridgehead atoms. The number of nitrogens with one attached hydrogen (secondary N) is 1. The maximum absolute atomic E-state index is 11.7. The molecule has 1 aromatic rings. The van der Waals surface area contributed by atoms with Crippen LogP contribution in [-0.4, -0.2) is 14.5 Å². The smallest absolute Gasteiger partial charge is 0.238 e. The Hall–Kier alpha value is -1.27. The minimum atomic E-state index is -3.76. The summed E-state index contributed by atoms with van der Waals surface area (Å²) in [7, 11) is -3.76. The molecule has 2 rings (SSSR count). The molecular formula is C15H25N3O2S. The van der Waals surface area contributed by atoms with Crippen molar-refractivity contribution in [2.75, 3.05) is 11.1 Å². The first-order valence-electron chi connectivity index (χ1n) is 7.52. The predicted octanol–water partition coefficient (Wildman–Crippen LogP) is 2.61. The highest BCUT2D eigenvalue weighted by molar-refractivity contribution is 7.89. The Morgan fingerprint density at radius 2 is 1.95 bits per heavy atom. The van der Waals surface area contributed by atoms with Gasteiger partial charge < -0.3 is 11.1 Å². The van der Waals surface area contributed by atoms with Gasteiger partial charge in [-0.25, -0.2) is 13.6 Å². The molecule has 0 saturated heterocycles. The van der Waals surface area contributed by atoms with Gasteiger partial charge in [0.15, 0.2) is 0 Å². The lowest BCUT2D eigenvalue weighted by Crippen LogP contribution is -2.32. The molecular weight excluding hydrogens is 286 g/mol. The van der Waals surface area contributed by atoms with E-state index in [0.29, 0.717) is 23.2 Å². The zero-order valence-corrected chi connectivity index (χ0v) is 13.5. The fraction of sp³-hybridized carbons (Fsp3) is 0.600. The molecule has 0 aliphatic heterocycles. The minimum absolute atomic E-state index is 0.105. The van der Waals surface area contributed by atoms with Crippen LogP contribution in [0.2, 0.25) is 0 Å². The predicted molar refractivity (Wildman–Crippen MR) is 86.6 cm³/mol. The van der Waals surface area contributed by atoms with Crippen LogP contribution in [0.1, 0.15) is 44.6 Å². The number of nitrogens with two attached hydrogens (primary N) is 2. The van der Waals surface area contributed by atoms with Gasteiger partial charge in [0.1, 0.15) is 0 Å². The summed E-state index contributed by atoms with van der Waals surface area (Å²) < 4.78 is 23.3. The van der Waals surface area contributed by atoms with E-state index in [9.17, 15) is 8.42 Å². The largest absolute Gasteiger partial charge is 0.399 e. The lowest BCUT2D eigenvalue weighted by atomic mass is 9.82. The van der Waals surface area contributed by atoms with Crippen molar-refractivity contribution >= 4 is 21.4 Å². The second-order valence-corrected chi connectivity index (χ2v) is 7.47. The lowest BCUT2D eigenvalue weighted by Gasteiger charge is -2.33. The van der Waals surface area contributed by atoms with Gasteiger partial charge in [-0.05, 0) is 43.4 Å². The molecule has 1 aliphatic rings. The summed E-state index contributed by atoms with van der Waals surface area (Å²) >= 11 is 0. The first-order chi connectivity index (χ1) is 9.82. The van der Waals surface area contributed by atoms with Crippen LogP contribution in [0, 0.1) is 12.8 Å². The third-order valence-corrected chi connectivity index (χ3v) is 5.50. The topological polar surface area (TPSA) is 98.2 Å². The van der Waals surface area contributed by atoms with Crippen LogP contribution in [0.4, 0.5) is 11.4 Å². The maximum Gasteiger partial charge on any atom is 0.238 e. The fourth-order valence-electron chi connectivity index (χ4n) is 3.24. The number of benzene rings is 1. The van der Waals surface area contributed by atoms with Gasteiger partial charge in [-0.2, -0.15) is 0 Å². The van der Waals surface area contributed by atoms with Crippen molar-refractivity contribution in [3.63, 3.8) is 0 Å². The monoisotopic (exact) mass is 311 g/mol. The fourth-order valence-corrected chi connectivity index (χ4v) is 4.08. The van der Waals surface area contributed by atoms with Gasteiger partial charge in [0.05, 0.1) is 4.90 Å². The number of hydrogen-bond donors (Lipinski definition) is 3. The third kappa shape index (κ3) is 3.68. The van der Waals surface area contributed by atoms with Gasteiger partial charge in [-0.3, -0.25) is 0 Å². The van der Waals surface area contributed by atoms with E-state index in [0.717, 1.165) is 18.5 Å². The summed E-state index contributed by atoms with van der Waals surface area (Å²) in [6, 6.07) is 3.59. The van der Waals surface area contributed by atoms with Gasteiger partial charge in [0, 0.05) is 17.4 Å². The van der Waals surface area contributed by atoms with Crippen molar-refractivity contribution in [3.8, 4) is 0 Å². The Kier molecular flexibility index (Phi) is 4.78. The second kappa shape index (κ2) is 6.23. The zero-order chi connectivity index (χ0) is 15.6. The molecule has 6 heteroatoms. The molecule has 5 N–H and O–H groups in total. The van der Waals surface area contributed by atoms with Crippen molar-refractivity contribution in [3.05, 3.63) is 17.7 Å². The summed E-state index contributed by atoms with van der Waals surface area (Å²) in [4.78, 5) is 0.105. The Morgan fingerprint density at radius 3 is 2.57 bits per heavy atom. The highest BCUT2D eigenvalue weighted by atomic mass is 32.2. The Balaban J connectivity index is 2.34. The van der Waals surface area contributed by atoms with E-state index < -0.39 is 10.0 Å². The number of nitrogen functional groups attached to an aromatic ring is 1. The molecule has 0 heterocycles. The summed E-state index contributed by atoms with van der Waals surface area (Å²) in [6.45, 7) is 3.97. The van der Waals surface area contributed by atoms with Crippen LogP contribution in [0.15, 0.2) is 17.0 Å². The van der Waals surface area contributed by atoms with E-state index in [1.807, 2.05) is 0 Å². The van der Waals surface area contributed by atoms with Gasteiger partial charge >= 0.3 is 0 Å². The standard InChI is InChI=1S/C15H25N3O2S/c1-3-11-6-4-5-7-13(11)18-14-8-12(16)9-15(10(14)2)21(17,19)20/h8-9,11,13,18H,3-7,16H2,1-2H3,(H2,17,19,20). The van der Waals surface area contributed by atoms with E-state index in [1.165, 1.54) is 25.3 Å². The molecule has 21 heavy (non-hydrogen) atoms.